The van der Waals surface area contributed by atoms with Gasteiger partial charge in [0.1, 0.15) is 0 Å². The van der Waals surface area contributed by atoms with Gasteiger partial charge in [-0.15, -0.1) is 4.99 Å². The van der Waals surface area contributed by atoms with E-state index in [-0.39, 0.29) is 0 Å². The first-order chi connectivity index (χ1) is 6.90. The molecule has 2 aliphatic rings. The molecule has 0 aromatic carbocycles. The van der Waals surface area contributed by atoms with Crippen LogP contribution in [0.2, 0.25) is 0 Å². The average molecular weight is 200 g/mol. The van der Waals surface area contributed by atoms with Crippen LogP contribution in [-0.4, -0.2) is 47.4 Å². The van der Waals surface area contributed by atoms with Crippen molar-refractivity contribution in [3.63, 3.8) is 0 Å². The van der Waals surface area contributed by atoms with Crippen LogP contribution in [0.15, 0.2) is 0 Å². The summed E-state index contributed by atoms with van der Waals surface area (Å²) in [6.45, 7) is 4.25. The van der Waals surface area contributed by atoms with Gasteiger partial charge in [-0.25, -0.2) is 5.26 Å². The van der Waals surface area contributed by atoms with Crippen molar-refractivity contribution in [2.75, 3.05) is 26.2 Å². The summed E-state index contributed by atoms with van der Waals surface area (Å²) in [5, 5.41) is 10.1. The number of hydrogen-bond acceptors (Lipinski definition) is 4. The summed E-state index contributed by atoms with van der Waals surface area (Å²) in [5.74, 6) is 0. The smallest absolute Gasteiger partial charge is 0.0285 e. The Hall–Kier alpha value is -0.160. The summed E-state index contributed by atoms with van der Waals surface area (Å²) in [7, 11) is 0. The molecule has 0 aromatic heterocycles. The summed E-state index contributed by atoms with van der Waals surface area (Å²) in [5.41, 5.74) is 0. The van der Waals surface area contributed by atoms with Crippen molar-refractivity contribution in [2.45, 2.75) is 38.1 Å². The Morgan fingerprint density at radius 3 is 2.14 bits per heavy atom. The van der Waals surface area contributed by atoms with Crippen molar-refractivity contribution >= 4 is 0 Å². The van der Waals surface area contributed by atoms with Crippen LogP contribution in [-0.2, 0) is 4.99 Å². The van der Waals surface area contributed by atoms with Crippen molar-refractivity contribution in [3.8, 4) is 0 Å². The molecule has 0 bridgehead atoms. The highest BCUT2D eigenvalue weighted by Crippen LogP contribution is 2.20. The maximum Gasteiger partial charge on any atom is 0.0285 e. The quantitative estimate of drug-likeness (QED) is 0.539. The van der Waals surface area contributed by atoms with E-state index in [0.29, 0.717) is 0 Å². The molecule has 2 aliphatic heterocycles. The molecule has 2 fully saturated rings. The minimum atomic E-state index is 0.724. The van der Waals surface area contributed by atoms with Crippen LogP contribution in [0.4, 0.5) is 0 Å². The average Bonchev–Trinajstić information content (AvgIpc) is 2.30. The highest BCUT2D eigenvalue weighted by Gasteiger charge is 2.25. The van der Waals surface area contributed by atoms with E-state index < -0.39 is 0 Å². The van der Waals surface area contributed by atoms with E-state index in [4.69, 9.17) is 5.26 Å². The standard InChI is InChI=1S/C10H20N2O2/c13-14-12-8-4-10(5-9-12)11-6-2-1-3-7-11/h10,13H,1-9H2. The van der Waals surface area contributed by atoms with Gasteiger partial charge in [-0.1, -0.05) is 6.42 Å². The molecule has 0 atom stereocenters. The van der Waals surface area contributed by atoms with Crippen LogP contribution in [0.25, 0.3) is 0 Å². The van der Waals surface area contributed by atoms with Crippen LogP contribution in [0.1, 0.15) is 32.1 Å². The van der Waals surface area contributed by atoms with Crippen LogP contribution < -0.4 is 0 Å². The van der Waals surface area contributed by atoms with Gasteiger partial charge in [0.15, 0.2) is 0 Å². The topological polar surface area (TPSA) is 35.9 Å². The summed E-state index contributed by atoms with van der Waals surface area (Å²) in [6.07, 6.45) is 6.36. The monoisotopic (exact) mass is 200 g/mol. The first kappa shape index (κ1) is 10.4. The van der Waals surface area contributed by atoms with E-state index in [9.17, 15) is 0 Å². The largest absolute Gasteiger partial charge is 0.300 e. The second-order valence-electron chi connectivity index (χ2n) is 4.34. The fourth-order valence-electron chi connectivity index (χ4n) is 2.57. The minimum absolute atomic E-state index is 0.724. The summed E-state index contributed by atoms with van der Waals surface area (Å²) in [6, 6.07) is 0.724. The Labute approximate surface area is 85.3 Å². The Kier molecular flexibility index (Phi) is 3.75. The highest BCUT2D eigenvalue weighted by molar-refractivity contribution is 4.79. The van der Waals surface area contributed by atoms with Gasteiger partial charge in [-0.3, -0.25) is 0 Å². The fraction of sp³-hybridized carbons (Fsp3) is 1.00. The molecule has 4 heteroatoms. The molecule has 0 unspecified atom stereocenters. The predicted molar refractivity (Wildman–Crippen MR) is 53.7 cm³/mol. The maximum absolute atomic E-state index is 8.50. The Bertz CT molecular complexity index is 164. The van der Waals surface area contributed by atoms with Crippen molar-refractivity contribution in [2.24, 2.45) is 0 Å². The maximum atomic E-state index is 8.50. The third-order valence-electron chi connectivity index (χ3n) is 3.45. The zero-order chi connectivity index (χ0) is 9.80. The number of hydrogen-bond donors (Lipinski definition) is 1. The zero-order valence-corrected chi connectivity index (χ0v) is 8.69. The molecule has 14 heavy (non-hydrogen) atoms. The number of likely N-dealkylation sites (tertiary alicyclic amines) is 1. The second kappa shape index (κ2) is 5.07. The van der Waals surface area contributed by atoms with Crippen LogP contribution in [0.5, 0.6) is 0 Å². The third kappa shape index (κ3) is 2.45. The molecule has 1 N–H and O–H groups in total. The van der Waals surface area contributed by atoms with Crippen molar-refractivity contribution < 1.29 is 10.2 Å². The van der Waals surface area contributed by atoms with E-state index in [2.05, 4.69) is 9.89 Å². The lowest BCUT2D eigenvalue weighted by Gasteiger charge is -2.38. The van der Waals surface area contributed by atoms with Gasteiger partial charge in [0.25, 0.3) is 0 Å². The summed E-state index contributed by atoms with van der Waals surface area (Å²) < 4.78 is 0. The molecular formula is C10H20N2O2. The summed E-state index contributed by atoms with van der Waals surface area (Å²) in [4.78, 5) is 6.85. The third-order valence-corrected chi connectivity index (χ3v) is 3.45. The van der Waals surface area contributed by atoms with E-state index in [1.165, 1.54) is 32.4 Å². The Morgan fingerprint density at radius 1 is 0.929 bits per heavy atom. The molecule has 82 valence electrons. The number of nitrogens with zero attached hydrogens (tertiary/aromatic N) is 2. The van der Waals surface area contributed by atoms with E-state index >= 15 is 0 Å². The van der Waals surface area contributed by atoms with Crippen molar-refractivity contribution in [1.29, 1.82) is 0 Å². The SMILES string of the molecule is OON1CCC(N2CCCCC2)CC1. The van der Waals surface area contributed by atoms with Crippen molar-refractivity contribution in [3.05, 3.63) is 0 Å². The second-order valence-corrected chi connectivity index (χ2v) is 4.34. The van der Waals surface area contributed by atoms with Gasteiger partial charge < -0.3 is 4.90 Å². The van der Waals surface area contributed by atoms with Gasteiger partial charge in [0.05, 0.1) is 0 Å². The lowest BCUT2D eigenvalue weighted by molar-refractivity contribution is -0.400. The zero-order valence-electron chi connectivity index (χ0n) is 8.69. The number of hydroxylamine groups is 2. The number of rotatable bonds is 2. The van der Waals surface area contributed by atoms with Crippen LogP contribution in [0, 0.1) is 0 Å². The normalized spacial score (nSPS) is 28.1. The molecule has 0 spiro atoms. The van der Waals surface area contributed by atoms with E-state index in [1.807, 2.05) is 0 Å². The molecule has 2 heterocycles. The van der Waals surface area contributed by atoms with Gasteiger partial charge in [0.2, 0.25) is 0 Å². The lowest BCUT2D eigenvalue weighted by Crippen LogP contribution is -2.46. The number of piperidine rings is 2. The van der Waals surface area contributed by atoms with Gasteiger partial charge in [-0.2, -0.15) is 5.06 Å². The Morgan fingerprint density at radius 2 is 1.57 bits per heavy atom. The van der Waals surface area contributed by atoms with Crippen LogP contribution >= 0.6 is 0 Å². The van der Waals surface area contributed by atoms with Gasteiger partial charge in [0, 0.05) is 19.1 Å². The van der Waals surface area contributed by atoms with E-state index in [0.717, 1.165) is 32.0 Å². The lowest BCUT2D eigenvalue weighted by atomic mass is 10.0. The minimum Gasteiger partial charge on any atom is -0.300 e. The predicted octanol–water partition coefficient (Wildman–Crippen LogP) is 1.34. The molecule has 0 aliphatic carbocycles. The van der Waals surface area contributed by atoms with Gasteiger partial charge >= 0.3 is 0 Å². The Balaban J connectivity index is 1.76. The molecule has 0 saturated carbocycles. The van der Waals surface area contributed by atoms with Crippen LogP contribution in [0.3, 0.4) is 0 Å². The molecule has 0 amide bonds. The first-order valence-corrected chi connectivity index (χ1v) is 5.70. The highest BCUT2D eigenvalue weighted by atomic mass is 17.2. The fourth-order valence-corrected chi connectivity index (χ4v) is 2.57. The van der Waals surface area contributed by atoms with Gasteiger partial charge in [-0.05, 0) is 38.8 Å². The van der Waals surface area contributed by atoms with Crippen molar-refractivity contribution in [1.82, 2.24) is 9.96 Å². The first-order valence-electron chi connectivity index (χ1n) is 5.70. The molecule has 2 saturated heterocycles. The van der Waals surface area contributed by atoms with E-state index in [1.54, 1.807) is 5.06 Å². The molecule has 0 aromatic rings. The molecule has 2 rings (SSSR count). The molecule has 0 radical (unpaired) electrons. The molecule has 4 nitrogen and oxygen atoms in total. The molecular weight excluding hydrogens is 180 g/mol. The summed E-state index contributed by atoms with van der Waals surface area (Å²) >= 11 is 0.